The Bertz CT molecular complexity index is 1560. The van der Waals surface area contributed by atoms with Crippen LogP contribution in [0.2, 0.25) is 0 Å². The topological polar surface area (TPSA) is 123 Å². The largest absolute Gasteiger partial charge is 0.423 e. The minimum Gasteiger partial charge on any atom is -0.423 e. The lowest BCUT2D eigenvalue weighted by Crippen LogP contribution is -2.35. The van der Waals surface area contributed by atoms with Gasteiger partial charge in [-0.1, -0.05) is 48.5 Å². The number of nitrogens with one attached hydrogen (secondary N) is 2. The van der Waals surface area contributed by atoms with E-state index in [0.717, 1.165) is 3.57 Å². The third-order valence-electron chi connectivity index (χ3n) is 5.34. The fourth-order valence-electron chi connectivity index (χ4n) is 3.36. The highest BCUT2D eigenvalue weighted by Gasteiger charge is 2.15. The maximum atomic E-state index is 12.7. The van der Waals surface area contributed by atoms with Crippen molar-refractivity contribution in [1.29, 1.82) is 0 Å². The summed E-state index contributed by atoms with van der Waals surface area (Å²) >= 11 is 2.04. The summed E-state index contributed by atoms with van der Waals surface area (Å²) in [4.78, 5) is 49.7. The van der Waals surface area contributed by atoms with Crippen molar-refractivity contribution in [2.75, 3.05) is 6.54 Å². The van der Waals surface area contributed by atoms with Crippen LogP contribution in [0.3, 0.4) is 0 Å². The zero-order valence-corrected chi connectivity index (χ0v) is 23.0. The number of esters is 2. The van der Waals surface area contributed by atoms with Gasteiger partial charge in [-0.3, -0.25) is 9.59 Å². The first-order valence-electron chi connectivity index (χ1n) is 11.9. The molecular formula is C30H22IN3O6. The molecule has 10 heteroatoms. The van der Waals surface area contributed by atoms with Gasteiger partial charge in [-0.25, -0.2) is 15.0 Å². The molecule has 200 valence electrons. The van der Waals surface area contributed by atoms with E-state index in [1.54, 1.807) is 78.9 Å². The summed E-state index contributed by atoms with van der Waals surface area (Å²) in [6, 6.07) is 28.2. The van der Waals surface area contributed by atoms with Gasteiger partial charge in [-0.05, 0) is 71.1 Å². The van der Waals surface area contributed by atoms with E-state index in [1.807, 2.05) is 28.7 Å². The van der Waals surface area contributed by atoms with Crippen molar-refractivity contribution in [3.8, 4) is 11.5 Å². The van der Waals surface area contributed by atoms with Crippen molar-refractivity contribution in [2.45, 2.75) is 0 Å². The van der Waals surface area contributed by atoms with Gasteiger partial charge in [0.2, 0.25) is 0 Å². The van der Waals surface area contributed by atoms with Crippen LogP contribution in [0.15, 0.2) is 108 Å². The molecule has 4 rings (SSSR count). The summed E-state index contributed by atoms with van der Waals surface area (Å²) in [6.07, 6.45) is 1.27. The lowest BCUT2D eigenvalue weighted by molar-refractivity contribution is -0.120. The zero-order valence-electron chi connectivity index (χ0n) is 20.9. The minimum atomic E-state index is -0.635. The fourth-order valence-corrected chi connectivity index (χ4v) is 3.99. The molecule has 2 N–H and O–H groups in total. The summed E-state index contributed by atoms with van der Waals surface area (Å²) in [5, 5.41) is 6.45. The molecule has 0 radical (unpaired) electrons. The molecule has 0 saturated carbocycles. The fraction of sp³-hybridized carbons (Fsp3) is 0.0333. The highest BCUT2D eigenvalue weighted by Crippen LogP contribution is 2.26. The summed E-state index contributed by atoms with van der Waals surface area (Å²) in [5.74, 6) is -1.97. The molecule has 0 aliphatic heterocycles. The van der Waals surface area contributed by atoms with Crippen LogP contribution in [0.25, 0.3) is 0 Å². The summed E-state index contributed by atoms with van der Waals surface area (Å²) in [7, 11) is 0. The number of hydrazone groups is 1. The molecule has 0 aliphatic rings. The van der Waals surface area contributed by atoms with Gasteiger partial charge in [-0.15, -0.1) is 0 Å². The third kappa shape index (κ3) is 7.84. The van der Waals surface area contributed by atoms with Gasteiger partial charge in [-0.2, -0.15) is 5.10 Å². The normalized spacial score (nSPS) is 10.5. The van der Waals surface area contributed by atoms with E-state index in [1.165, 1.54) is 24.4 Å². The van der Waals surface area contributed by atoms with Crippen molar-refractivity contribution >= 4 is 52.6 Å². The third-order valence-corrected chi connectivity index (χ3v) is 6.28. The van der Waals surface area contributed by atoms with Crippen LogP contribution in [0, 0.1) is 3.57 Å². The van der Waals surface area contributed by atoms with E-state index in [0.29, 0.717) is 22.3 Å². The van der Waals surface area contributed by atoms with Crippen LogP contribution >= 0.6 is 22.6 Å². The number of benzene rings is 4. The Kier molecular flexibility index (Phi) is 9.72. The zero-order chi connectivity index (χ0) is 28.3. The Balaban J connectivity index is 1.45. The molecular weight excluding hydrogens is 625 g/mol. The van der Waals surface area contributed by atoms with Crippen LogP contribution < -0.4 is 20.2 Å². The van der Waals surface area contributed by atoms with Crippen LogP contribution in [0.5, 0.6) is 11.5 Å². The maximum absolute atomic E-state index is 12.7. The second-order valence-corrected chi connectivity index (χ2v) is 9.33. The minimum absolute atomic E-state index is 0.0529. The van der Waals surface area contributed by atoms with E-state index in [4.69, 9.17) is 9.47 Å². The second-order valence-electron chi connectivity index (χ2n) is 8.17. The van der Waals surface area contributed by atoms with Crippen LogP contribution in [-0.2, 0) is 4.79 Å². The maximum Gasteiger partial charge on any atom is 0.343 e. The molecule has 4 aromatic rings. The standard InChI is InChI=1S/C30H22IN3O6/c31-25-14-8-7-13-24(25)28(36)32-19-27(35)34-33-18-22-15-16-23(39-29(37)20-9-3-1-4-10-20)17-26(22)40-30(38)21-11-5-2-6-12-21/h1-18H,19H2,(H,32,36)(H,34,35)/b33-18-. The first-order chi connectivity index (χ1) is 19.4. The van der Waals surface area contributed by atoms with Gasteiger partial charge in [0.15, 0.2) is 0 Å². The number of rotatable bonds is 9. The molecule has 2 amide bonds. The average Bonchev–Trinajstić information content (AvgIpc) is 2.98. The highest BCUT2D eigenvalue weighted by atomic mass is 127. The second kappa shape index (κ2) is 13.8. The van der Waals surface area contributed by atoms with Crippen LogP contribution in [-0.4, -0.2) is 36.5 Å². The quantitative estimate of drug-likeness (QED) is 0.0900. The van der Waals surface area contributed by atoms with E-state index < -0.39 is 17.8 Å². The molecule has 0 atom stereocenters. The Hall–Kier alpha value is -4.84. The van der Waals surface area contributed by atoms with Gasteiger partial charge in [0.05, 0.1) is 29.4 Å². The summed E-state index contributed by atoms with van der Waals surface area (Å²) in [5.41, 5.74) is 3.77. The van der Waals surface area contributed by atoms with Gasteiger partial charge in [0.1, 0.15) is 11.5 Å². The lowest BCUT2D eigenvalue weighted by atomic mass is 10.2. The predicted octanol–water partition coefficient (Wildman–Crippen LogP) is 4.61. The molecule has 0 heterocycles. The Morgan fingerprint density at radius 2 is 1.35 bits per heavy atom. The molecule has 0 bridgehead atoms. The first kappa shape index (κ1) is 28.2. The van der Waals surface area contributed by atoms with Crippen LogP contribution in [0.1, 0.15) is 36.6 Å². The van der Waals surface area contributed by atoms with E-state index in [-0.39, 0.29) is 24.0 Å². The average molecular weight is 647 g/mol. The van der Waals surface area contributed by atoms with Gasteiger partial charge in [0.25, 0.3) is 11.8 Å². The number of carbonyl (C=O) groups excluding carboxylic acids is 4. The summed E-state index contributed by atoms with van der Waals surface area (Å²) < 4.78 is 11.8. The van der Waals surface area contributed by atoms with Crippen molar-refractivity contribution in [1.82, 2.24) is 10.7 Å². The van der Waals surface area contributed by atoms with Crippen LogP contribution in [0.4, 0.5) is 0 Å². The van der Waals surface area contributed by atoms with Gasteiger partial charge < -0.3 is 14.8 Å². The number of amides is 2. The van der Waals surface area contributed by atoms with E-state index in [9.17, 15) is 19.2 Å². The van der Waals surface area contributed by atoms with Crippen molar-refractivity contribution in [3.63, 3.8) is 0 Å². The number of hydrogen-bond acceptors (Lipinski definition) is 7. The highest BCUT2D eigenvalue weighted by molar-refractivity contribution is 14.1. The molecule has 0 aliphatic carbocycles. The predicted molar refractivity (Wildman–Crippen MR) is 156 cm³/mol. The Labute approximate surface area is 243 Å². The first-order valence-corrected chi connectivity index (χ1v) is 13.0. The van der Waals surface area contributed by atoms with Crippen molar-refractivity contribution in [2.24, 2.45) is 5.10 Å². The SMILES string of the molecule is O=C(CNC(=O)c1ccccc1I)N/N=C\c1ccc(OC(=O)c2ccccc2)cc1OC(=O)c1ccccc1. The number of carbonyl (C=O) groups is 4. The number of hydrogen-bond donors (Lipinski definition) is 2. The molecule has 0 spiro atoms. The smallest absolute Gasteiger partial charge is 0.343 e. The van der Waals surface area contributed by atoms with Crippen molar-refractivity contribution in [3.05, 3.63) is 129 Å². The lowest BCUT2D eigenvalue weighted by Gasteiger charge is -2.11. The molecule has 0 fully saturated rings. The molecule has 4 aromatic carbocycles. The molecule has 0 aromatic heterocycles. The van der Waals surface area contributed by atoms with Crippen molar-refractivity contribution < 1.29 is 28.7 Å². The number of ether oxygens (including phenoxy) is 2. The monoisotopic (exact) mass is 647 g/mol. The Morgan fingerprint density at radius 3 is 2.00 bits per heavy atom. The van der Waals surface area contributed by atoms with E-state index >= 15 is 0 Å². The molecule has 0 saturated heterocycles. The number of halogens is 1. The van der Waals surface area contributed by atoms with Gasteiger partial charge >= 0.3 is 11.9 Å². The summed E-state index contributed by atoms with van der Waals surface area (Å²) in [6.45, 7) is -0.300. The van der Waals surface area contributed by atoms with E-state index in [2.05, 4.69) is 15.8 Å². The molecule has 40 heavy (non-hydrogen) atoms. The molecule has 9 nitrogen and oxygen atoms in total. The van der Waals surface area contributed by atoms with Gasteiger partial charge in [0, 0.05) is 15.2 Å². The molecule has 0 unspecified atom stereocenters. The Morgan fingerprint density at radius 1 is 0.750 bits per heavy atom. The number of nitrogens with zero attached hydrogens (tertiary/aromatic N) is 1.